The lowest BCUT2D eigenvalue weighted by Crippen LogP contribution is -2.44. The Hall–Kier alpha value is -2.63. The maximum absolute atomic E-state index is 12.7. The van der Waals surface area contributed by atoms with Gasteiger partial charge in [0.2, 0.25) is 0 Å². The van der Waals surface area contributed by atoms with Crippen LogP contribution in [0.2, 0.25) is 0 Å². The molecule has 144 valence electrons. The standard InChI is InChI=1S/C21H27N3O3/c1-2-18-17(13-23-24(18)14-16-9-5-3-6-10-16)19(25)22-15-21(20(26)27)11-7-4-8-12-21/h3,5-6,9-10,13H,2,4,7-8,11-12,14-15H2,1H3,(H,22,25)(H,26,27). The Morgan fingerprint density at radius 3 is 2.52 bits per heavy atom. The summed E-state index contributed by atoms with van der Waals surface area (Å²) in [5.41, 5.74) is 1.68. The SMILES string of the molecule is CCc1c(C(=O)NCC2(C(=O)O)CCCCC2)cnn1Cc1ccccc1. The monoisotopic (exact) mass is 369 g/mol. The van der Waals surface area contributed by atoms with Crippen molar-refractivity contribution in [2.45, 2.75) is 52.0 Å². The van der Waals surface area contributed by atoms with Gasteiger partial charge in [-0.05, 0) is 24.8 Å². The van der Waals surface area contributed by atoms with Crippen LogP contribution in [-0.4, -0.2) is 33.3 Å². The number of nitrogens with zero attached hydrogens (tertiary/aromatic N) is 2. The van der Waals surface area contributed by atoms with E-state index in [1.54, 1.807) is 6.20 Å². The van der Waals surface area contributed by atoms with Gasteiger partial charge in [0.05, 0.1) is 29.4 Å². The Morgan fingerprint density at radius 2 is 1.89 bits per heavy atom. The fraction of sp³-hybridized carbons (Fsp3) is 0.476. The van der Waals surface area contributed by atoms with Crippen molar-refractivity contribution in [3.05, 3.63) is 53.3 Å². The molecule has 1 aliphatic carbocycles. The van der Waals surface area contributed by atoms with Gasteiger partial charge in [0.25, 0.3) is 5.91 Å². The van der Waals surface area contributed by atoms with E-state index in [2.05, 4.69) is 10.4 Å². The molecule has 27 heavy (non-hydrogen) atoms. The van der Waals surface area contributed by atoms with Gasteiger partial charge in [0, 0.05) is 6.54 Å². The normalized spacial score (nSPS) is 16.0. The third-order valence-electron chi connectivity index (χ3n) is 5.56. The predicted octanol–water partition coefficient (Wildman–Crippen LogP) is 3.26. The molecule has 0 radical (unpaired) electrons. The van der Waals surface area contributed by atoms with Crippen molar-refractivity contribution < 1.29 is 14.7 Å². The van der Waals surface area contributed by atoms with Crippen LogP contribution >= 0.6 is 0 Å². The highest BCUT2D eigenvalue weighted by atomic mass is 16.4. The maximum Gasteiger partial charge on any atom is 0.311 e. The average Bonchev–Trinajstić information content (AvgIpc) is 3.10. The summed E-state index contributed by atoms with van der Waals surface area (Å²) in [7, 11) is 0. The van der Waals surface area contributed by atoms with E-state index in [1.807, 2.05) is 41.9 Å². The first-order valence-corrected chi connectivity index (χ1v) is 9.66. The molecule has 1 fully saturated rings. The minimum Gasteiger partial charge on any atom is -0.481 e. The zero-order valence-electron chi connectivity index (χ0n) is 15.8. The van der Waals surface area contributed by atoms with Crippen LogP contribution in [-0.2, 0) is 17.8 Å². The summed E-state index contributed by atoms with van der Waals surface area (Å²) in [4.78, 5) is 24.5. The molecular formula is C21H27N3O3. The first-order chi connectivity index (χ1) is 13.1. The van der Waals surface area contributed by atoms with Crippen molar-refractivity contribution in [1.82, 2.24) is 15.1 Å². The molecule has 2 aromatic rings. The molecule has 0 saturated heterocycles. The second kappa shape index (κ2) is 8.37. The summed E-state index contributed by atoms with van der Waals surface area (Å²) in [6, 6.07) is 9.98. The van der Waals surface area contributed by atoms with Crippen LogP contribution in [0.3, 0.4) is 0 Å². The number of benzene rings is 1. The number of carboxylic acid groups (broad SMARTS) is 1. The molecule has 6 nitrogen and oxygen atoms in total. The Balaban J connectivity index is 1.72. The van der Waals surface area contributed by atoms with E-state index >= 15 is 0 Å². The minimum atomic E-state index is -0.833. The van der Waals surface area contributed by atoms with Gasteiger partial charge in [-0.2, -0.15) is 5.10 Å². The number of hydrogen-bond acceptors (Lipinski definition) is 3. The zero-order valence-corrected chi connectivity index (χ0v) is 15.8. The van der Waals surface area contributed by atoms with Crippen LogP contribution in [0.1, 0.15) is 60.6 Å². The Bertz CT molecular complexity index is 792. The second-order valence-electron chi connectivity index (χ2n) is 7.33. The summed E-state index contributed by atoms with van der Waals surface area (Å²) in [5, 5.41) is 16.9. The molecule has 1 aliphatic rings. The maximum atomic E-state index is 12.7. The number of carbonyl (C=O) groups excluding carboxylic acids is 1. The van der Waals surface area contributed by atoms with Crippen LogP contribution in [0, 0.1) is 5.41 Å². The molecule has 1 saturated carbocycles. The molecule has 1 aromatic heterocycles. The quantitative estimate of drug-likeness (QED) is 0.785. The molecule has 6 heteroatoms. The molecule has 0 atom stereocenters. The first-order valence-electron chi connectivity index (χ1n) is 9.66. The lowest BCUT2D eigenvalue weighted by molar-refractivity contribution is -0.150. The highest BCUT2D eigenvalue weighted by Crippen LogP contribution is 2.36. The van der Waals surface area contributed by atoms with Gasteiger partial charge in [-0.3, -0.25) is 14.3 Å². The topological polar surface area (TPSA) is 84.2 Å². The third-order valence-corrected chi connectivity index (χ3v) is 5.56. The molecular weight excluding hydrogens is 342 g/mol. The van der Waals surface area contributed by atoms with Crippen LogP contribution in [0.5, 0.6) is 0 Å². The molecule has 0 bridgehead atoms. The van der Waals surface area contributed by atoms with Gasteiger partial charge in [-0.25, -0.2) is 0 Å². The molecule has 2 N–H and O–H groups in total. The van der Waals surface area contributed by atoms with Gasteiger partial charge in [-0.15, -0.1) is 0 Å². The second-order valence-corrected chi connectivity index (χ2v) is 7.33. The molecule has 0 spiro atoms. The average molecular weight is 369 g/mol. The van der Waals surface area contributed by atoms with E-state index < -0.39 is 11.4 Å². The van der Waals surface area contributed by atoms with E-state index in [0.29, 0.717) is 31.4 Å². The van der Waals surface area contributed by atoms with Gasteiger partial charge in [0.1, 0.15) is 0 Å². The van der Waals surface area contributed by atoms with Gasteiger partial charge in [0.15, 0.2) is 0 Å². The number of carboxylic acids is 1. The summed E-state index contributed by atoms with van der Waals surface area (Å²) < 4.78 is 1.85. The number of aliphatic carboxylic acids is 1. The zero-order chi connectivity index (χ0) is 19.3. The van der Waals surface area contributed by atoms with Crippen molar-refractivity contribution in [3.63, 3.8) is 0 Å². The van der Waals surface area contributed by atoms with E-state index in [4.69, 9.17) is 0 Å². The van der Waals surface area contributed by atoms with Gasteiger partial charge >= 0.3 is 5.97 Å². The molecule has 0 unspecified atom stereocenters. The summed E-state index contributed by atoms with van der Waals surface area (Å²) >= 11 is 0. The lowest BCUT2D eigenvalue weighted by Gasteiger charge is -2.33. The van der Waals surface area contributed by atoms with Crippen LogP contribution in [0.15, 0.2) is 36.5 Å². The van der Waals surface area contributed by atoms with Gasteiger partial charge < -0.3 is 10.4 Å². The molecule has 1 heterocycles. The molecule has 1 aromatic carbocycles. The smallest absolute Gasteiger partial charge is 0.311 e. The van der Waals surface area contributed by atoms with Crippen LogP contribution in [0.25, 0.3) is 0 Å². The Morgan fingerprint density at radius 1 is 1.19 bits per heavy atom. The largest absolute Gasteiger partial charge is 0.481 e. The fourth-order valence-electron chi connectivity index (χ4n) is 3.91. The Kier molecular flexibility index (Phi) is 5.94. The molecule has 1 amide bonds. The summed E-state index contributed by atoms with van der Waals surface area (Å²) in [5.74, 6) is -1.05. The number of nitrogens with one attached hydrogen (secondary N) is 1. The molecule has 3 rings (SSSR count). The minimum absolute atomic E-state index is 0.175. The van der Waals surface area contributed by atoms with Crippen molar-refractivity contribution in [1.29, 1.82) is 0 Å². The first kappa shape index (κ1) is 19.1. The van der Waals surface area contributed by atoms with Crippen LogP contribution < -0.4 is 5.32 Å². The van der Waals surface area contributed by atoms with Crippen LogP contribution in [0.4, 0.5) is 0 Å². The van der Waals surface area contributed by atoms with Crippen molar-refractivity contribution >= 4 is 11.9 Å². The number of rotatable bonds is 7. The lowest BCUT2D eigenvalue weighted by atomic mass is 9.74. The summed E-state index contributed by atoms with van der Waals surface area (Å²) in [6.07, 6.45) is 6.38. The Labute approximate surface area is 159 Å². The number of carbonyl (C=O) groups is 2. The van der Waals surface area contributed by atoms with E-state index in [1.165, 1.54) is 0 Å². The van der Waals surface area contributed by atoms with E-state index in [9.17, 15) is 14.7 Å². The fourth-order valence-corrected chi connectivity index (χ4v) is 3.91. The third kappa shape index (κ3) is 4.21. The highest BCUT2D eigenvalue weighted by molar-refractivity contribution is 5.95. The summed E-state index contributed by atoms with van der Waals surface area (Å²) in [6.45, 7) is 2.78. The van der Waals surface area contributed by atoms with Crippen molar-refractivity contribution in [3.8, 4) is 0 Å². The van der Waals surface area contributed by atoms with Gasteiger partial charge in [-0.1, -0.05) is 56.5 Å². The number of aromatic nitrogens is 2. The molecule has 0 aliphatic heterocycles. The van der Waals surface area contributed by atoms with E-state index in [-0.39, 0.29) is 12.5 Å². The highest BCUT2D eigenvalue weighted by Gasteiger charge is 2.40. The predicted molar refractivity (Wildman–Crippen MR) is 103 cm³/mol. The van der Waals surface area contributed by atoms with E-state index in [0.717, 1.165) is 30.5 Å². The van der Waals surface area contributed by atoms with Crippen molar-refractivity contribution in [2.75, 3.05) is 6.54 Å². The number of hydrogen-bond donors (Lipinski definition) is 2. The number of amides is 1. The van der Waals surface area contributed by atoms with Crippen molar-refractivity contribution in [2.24, 2.45) is 5.41 Å².